The maximum atomic E-state index is 12.5. The van der Waals surface area contributed by atoms with Gasteiger partial charge < -0.3 is 20.5 Å². The van der Waals surface area contributed by atoms with E-state index in [-0.39, 0.29) is 25.1 Å². The molecule has 0 radical (unpaired) electrons. The summed E-state index contributed by atoms with van der Waals surface area (Å²) in [5.41, 5.74) is 6.66. The molecule has 0 aliphatic carbocycles. The number of nitrogens with zero attached hydrogens (tertiary/aromatic N) is 1. The first-order valence-electron chi connectivity index (χ1n) is 6.55. The Hall–Kier alpha value is -1.87. The van der Waals surface area contributed by atoms with E-state index in [0.29, 0.717) is 25.3 Å². The highest BCUT2D eigenvalue weighted by atomic mass is 16.5. The number of aliphatic hydroxyl groups excluding tert-OH is 1. The summed E-state index contributed by atoms with van der Waals surface area (Å²) in [7, 11) is 0. The van der Waals surface area contributed by atoms with Crippen LogP contribution in [0.3, 0.4) is 0 Å². The third-order valence-electron chi connectivity index (χ3n) is 3.14. The summed E-state index contributed by atoms with van der Waals surface area (Å²) in [6.45, 7) is 1.54. The number of benzene rings is 1. The van der Waals surface area contributed by atoms with E-state index in [4.69, 9.17) is 10.5 Å². The Labute approximate surface area is 118 Å². The molecule has 1 aliphatic heterocycles. The summed E-state index contributed by atoms with van der Waals surface area (Å²) in [6, 6.07) is 6.84. The number of ether oxygens (including phenoxy) is 1. The lowest BCUT2D eigenvalue weighted by Gasteiger charge is -2.34. The van der Waals surface area contributed by atoms with E-state index in [0.717, 1.165) is 5.56 Å². The first kappa shape index (κ1) is 14.5. The van der Waals surface area contributed by atoms with Crippen molar-refractivity contribution >= 4 is 5.91 Å². The predicted octanol–water partition coefficient (Wildman–Crippen LogP) is -0.170. The Morgan fingerprint density at radius 3 is 3.15 bits per heavy atom. The first-order valence-corrected chi connectivity index (χ1v) is 6.55. The van der Waals surface area contributed by atoms with Crippen LogP contribution < -0.4 is 5.73 Å². The van der Waals surface area contributed by atoms with Crippen molar-refractivity contribution in [2.45, 2.75) is 6.04 Å². The highest BCUT2D eigenvalue weighted by molar-refractivity contribution is 5.94. The highest BCUT2D eigenvalue weighted by Crippen LogP contribution is 2.13. The van der Waals surface area contributed by atoms with Crippen molar-refractivity contribution in [1.82, 2.24) is 4.90 Å². The molecule has 0 saturated carbocycles. The summed E-state index contributed by atoms with van der Waals surface area (Å²) < 4.78 is 5.28. The number of amides is 1. The van der Waals surface area contributed by atoms with Crippen LogP contribution in [-0.2, 0) is 4.74 Å². The van der Waals surface area contributed by atoms with E-state index in [1.165, 1.54) is 0 Å². The summed E-state index contributed by atoms with van der Waals surface area (Å²) >= 11 is 0. The monoisotopic (exact) mass is 274 g/mol. The summed E-state index contributed by atoms with van der Waals surface area (Å²) in [5.74, 6) is 5.56. The van der Waals surface area contributed by atoms with E-state index >= 15 is 0 Å². The molecule has 1 saturated heterocycles. The molecule has 1 aromatic carbocycles. The van der Waals surface area contributed by atoms with Gasteiger partial charge in [0.1, 0.15) is 0 Å². The number of morpholine rings is 1. The molecule has 1 heterocycles. The molecule has 5 heteroatoms. The van der Waals surface area contributed by atoms with Gasteiger partial charge >= 0.3 is 0 Å². The van der Waals surface area contributed by atoms with Crippen LogP contribution >= 0.6 is 0 Å². The first-order chi connectivity index (χ1) is 9.76. The predicted molar refractivity (Wildman–Crippen MR) is 75.1 cm³/mol. The van der Waals surface area contributed by atoms with Crippen molar-refractivity contribution in [3.05, 3.63) is 35.4 Å². The summed E-state index contributed by atoms with van der Waals surface area (Å²) in [4.78, 5) is 14.1. The third-order valence-corrected chi connectivity index (χ3v) is 3.14. The Kier molecular flexibility index (Phi) is 5.13. The van der Waals surface area contributed by atoms with Crippen LogP contribution in [-0.4, -0.2) is 54.9 Å². The fourth-order valence-electron chi connectivity index (χ4n) is 2.12. The van der Waals surface area contributed by atoms with Crippen LogP contribution in [0, 0.1) is 11.8 Å². The smallest absolute Gasteiger partial charge is 0.254 e. The fourth-order valence-corrected chi connectivity index (χ4v) is 2.12. The van der Waals surface area contributed by atoms with Gasteiger partial charge in [-0.2, -0.15) is 0 Å². The molecule has 1 aliphatic rings. The zero-order chi connectivity index (χ0) is 14.4. The molecular weight excluding hydrogens is 256 g/mol. The lowest BCUT2D eigenvalue weighted by molar-refractivity contribution is -0.0183. The van der Waals surface area contributed by atoms with Crippen LogP contribution in [0.5, 0.6) is 0 Å². The lowest BCUT2D eigenvalue weighted by atomic mass is 10.1. The van der Waals surface area contributed by atoms with Gasteiger partial charge in [-0.15, -0.1) is 0 Å². The topological polar surface area (TPSA) is 75.8 Å². The lowest BCUT2D eigenvalue weighted by Crippen LogP contribution is -2.50. The minimum Gasteiger partial charge on any atom is -0.394 e. The number of nitrogens with two attached hydrogens (primary N) is 1. The van der Waals surface area contributed by atoms with E-state index in [2.05, 4.69) is 11.8 Å². The molecule has 1 unspecified atom stereocenters. The zero-order valence-corrected chi connectivity index (χ0v) is 11.2. The minimum absolute atomic E-state index is 0.0988. The van der Waals surface area contributed by atoms with Gasteiger partial charge in [-0.3, -0.25) is 4.79 Å². The van der Waals surface area contributed by atoms with Gasteiger partial charge in [0.05, 0.1) is 32.4 Å². The summed E-state index contributed by atoms with van der Waals surface area (Å²) in [5, 5.41) is 9.32. The van der Waals surface area contributed by atoms with Crippen molar-refractivity contribution in [1.29, 1.82) is 0 Å². The number of rotatable bonds is 2. The quantitative estimate of drug-likeness (QED) is 0.734. The Morgan fingerprint density at radius 1 is 1.55 bits per heavy atom. The molecule has 0 aromatic heterocycles. The van der Waals surface area contributed by atoms with Crippen molar-refractivity contribution < 1.29 is 14.6 Å². The standard InChI is InChI=1S/C15H18N2O3/c16-6-2-4-12-3-1-5-13(9-12)15(19)17-7-8-20-11-14(17)10-18/h1,3,5,9,14,18H,6-8,10-11,16H2. The molecule has 1 aromatic rings. The Bertz CT molecular complexity index is 533. The van der Waals surface area contributed by atoms with Crippen LogP contribution in [0.15, 0.2) is 24.3 Å². The molecule has 0 spiro atoms. The van der Waals surface area contributed by atoms with Crippen molar-refractivity contribution in [2.75, 3.05) is 32.9 Å². The second-order valence-corrected chi connectivity index (χ2v) is 4.50. The van der Waals surface area contributed by atoms with E-state index < -0.39 is 0 Å². The van der Waals surface area contributed by atoms with Crippen molar-refractivity contribution in [2.24, 2.45) is 5.73 Å². The second kappa shape index (κ2) is 7.06. The van der Waals surface area contributed by atoms with Gasteiger partial charge in [0.25, 0.3) is 5.91 Å². The number of hydrogen-bond donors (Lipinski definition) is 2. The van der Waals surface area contributed by atoms with Gasteiger partial charge in [-0.1, -0.05) is 17.9 Å². The van der Waals surface area contributed by atoms with Gasteiger partial charge in [0.15, 0.2) is 0 Å². The molecule has 20 heavy (non-hydrogen) atoms. The maximum absolute atomic E-state index is 12.5. The third kappa shape index (κ3) is 3.36. The Balaban J connectivity index is 2.19. The Morgan fingerprint density at radius 2 is 2.40 bits per heavy atom. The molecule has 3 N–H and O–H groups in total. The van der Waals surface area contributed by atoms with Gasteiger partial charge in [0, 0.05) is 17.7 Å². The number of aliphatic hydroxyl groups is 1. The van der Waals surface area contributed by atoms with Gasteiger partial charge in [0.2, 0.25) is 0 Å². The minimum atomic E-state index is -0.282. The zero-order valence-electron chi connectivity index (χ0n) is 11.2. The molecule has 1 atom stereocenters. The van der Waals surface area contributed by atoms with E-state index in [1.54, 1.807) is 23.1 Å². The largest absolute Gasteiger partial charge is 0.394 e. The normalized spacial score (nSPS) is 18.3. The highest BCUT2D eigenvalue weighted by Gasteiger charge is 2.27. The van der Waals surface area contributed by atoms with E-state index in [9.17, 15) is 9.90 Å². The fraction of sp³-hybridized carbons (Fsp3) is 0.400. The molecular formula is C15H18N2O3. The molecule has 1 fully saturated rings. The average molecular weight is 274 g/mol. The van der Waals surface area contributed by atoms with Crippen molar-refractivity contribution in [3.8, 4) is 11.8 Å². The average Bonchev–Trinajstić information content (AvgIpc) is 2.52. The molecule has 106 valence electrons. The number of hydrogen-bond acceptors (Lipinski definition) is 4. The summed E-state index contributed by atoms with van der Waals surface area (Å²) in [6.07, 6.45) is 0. The number of carbonyl (C=O) groups is 1. The van der Waals surface area contributed by atoms with Gasteiger partial charge in [-0.25, -0.2) is 0 Å². The van der Waals surface area contributed by atoms with Crippen LogP contribution in [0.4, 0.5) is 0 Å². The molecule has 2 rings (SSSR count). The van der Waals surface area contributed by atoms with Crippen LogP contribution in [0.2, 0.25) is 0 Å². The molecule has 0 bridgehead atoms. The molecule has 5 nitrogen and oxygen atoms in total. The van der Waals surface area contributed by atoms with Crippen LogP contribution in [0.25, 0.3) is 0 Å². The van der Waals surface area contributed by atoms with Gasteiger partial charge in [-0.05, 0) is 18.2 Å². The second-order valence-electron chi connectivity index (χ2n) is 4.50. The maximum Gasteiger partial charge on any atom is 0.254 e. The van der Waals surface area contributed by atoms with Crippen LogP contribution in [0.1, 0.15) is 15.9 Å². The number of carbonyl (C=O) groups excluding carboxylic acids is 1. The van der Waals surface area contributed by atoms with E-state index in [1.807, 2.05) is 6.07 Å². The molecule has 1 amide bonds. The van der Waals surface area contributed by atoms with Crippen molar-refractivity contribution in [3.63, 3.8) is 0 Å². The SMILES string of the molecule is NCC#Cc1cccc(C(=O)N2CCOCC2CO)c1.